The van der Waals surface area contributed by atoms with Gasteiger partial charge in [0.2, 0.25) is 5.91 Å². The molecule has 0 saturated carbocycles. The van der Waals surface area contributed by atoms with Crippen molar-refractivity contribution in [2.75, 3.05) is 6.54 Å². The number of aryl methyl sites for hydroxylation is 2. The van der Waals surface area contributed by atoms with Crippen LogP contribution in [-0.2, 0) is 11.3 Å². The first-order valence-electron chi connectivity index (χ1n) is 4.97. The average Bonchev–Trinajstić information content (AvgIpc) is 2.28. The quantitative estimate of drug-likeness (QED) is 0.469. The second-order valence-corrected chi connectivity index (χ2v) is 3.58. The molecule has 84 valence electrons. The Bertz CT molecular complexity index is 436. The number of carbonyl (C=O) groups is 1. The molecule has 1 aromatic carbocycles. The Morgan fingerprint density at radius 2 is 2.19 bits per heavy atom. The van der Waals surface area contributed by atoms with E-state index in [9.17, 15) is 4.79 Å². The molecule has 0 fully saturated rings. The zero-order valence-electron chi connectivity index (χ0n) is 9.40. The predicted molar refractivity (Wildman–Crippen MR) is 61.8 cm³/mol. The Balaban J connectivity index is 2.51. The minimum atomic E-state index is -0.268. The Morgan fingerprint density at radius 1 is 1.44 bits per heavy atom. The number of azide groups is 1. The van der Waals surface area contributed by atoms with Crippen LogP contribution >= 0.6 is 0 Å². The summed E-state index contributed by atoms with van der Waals surface area (Å²) in [6, 6.07) is 6.02. The summed E-state index contributed by atoms with van der Waals surface area (Å²) in [5.41, 5.74) is 11.5. The van der Waals surface area contributed by atoms with Crippen molar-refractivity contribution in [2.24, 2.45) is 5.11 Å². The van der Waals surface area contributed by atoms with Crippen molar-refractivity contribution in [1.29, 1.82) is 0 Å². The summed E-state index contributed by atoms with van der Waals surface area (Å²) in [4.78, 5) is 13.7. The fourth-order valence-electron chi connectivity index (χ4n) is 1.27. The normalized spacial score (nSPS) is 9.38. The molecule has 0 heterocycles. The molecule has 1 aromatic rings. The third-order valence-electron chi connectivity index (χ3n) is 2.34. The summed E-state index contributed by atoms with van der Waals surface area (Å²) in [6.45, 7) is 4.38. The van der Waals surface area contributed by atoms with Crippen LogP contribution in [0.25, 0.3) is 10.4 Å². The van der Waals surface area contributed by atoms with E-state index in [0.717, 1.165) is 5.56 Å². The van der Waals surface area contributed by atoms with Crippen LogP contribution in [0.4, 0.5) is 0 Å². The molecule has 1 amide bonds. The van der Waals surface area contributed by atoms with Crippen molar-refractivity contribution in [2.45, 2.75) is 20.4 Å². The number of rotatable bonds is 4. The fraction of sp³-hybridized carbons (Fsp3) is 0.364. The number of nitrogens with zero attached hydrogens (tertiary/aromatic N) is 3. The first kappa shape index (κ1) is 12.1. The lowest BCUT2D eigenvalue weighted by Gasteiger charge is -2.06. The second-order valence-electron chi connectivity index (χ2n) is 3.58. The molecule has 0 bridgehead atoms. The van der Waals surface area contributed by atoms with E-state index in [1.165, 1.54) is 11.1 Å². The van der Waals surface area contributed by atoms with Crippen LogP contribution in [0.15, 0.2) is 23.3 Å². The van der Waals surface area contributed by atoms with Crippen LogP contribution < -0.4 is 5.32 Å². The van der Waals surface area contributed by atoms with E-state index in [4.69, 9.17) is 5.53 Å². The molecular weight excluding hydrogens is 204 g/mol. The summed E-state index contributed by atoms with van der Waals surface area (Å²) in [5.74, 6) is -0.268. The Morgan fingerprint density at radius 3 is 2.81 bits per heavy atom. The van der Waals surface area contributed by atoms with Gasteiger partial charge in [-0.1, -0.05) is 23.3 Å². The minimum Gasteiger partial charge on any atom is -0.352 e. The summed E-state index contributed by atoms with van der Waals surface area (Å²) in [7, 11) is 0. The molecule has 0 aromatic heterocycles. The van der Waals surface area contributed by atoms with Crippen molar-refractivity contribution in [3.63, 3.8) is 0 Å². The van der Waals surface area contributed by atoms with Gasteiger partial charge in [0.1, 0.15) is 6.54 Å². The molecule has 0 saturated heterocycles. The molecule has 0 aliphatic carbocycles. The lowest BCUT2D eigenvalue weighted by molar-refractivity contribution is -0.119. The van der Waals surface area contributed by atoms with Gasteiger partial charge in [0, 0.05) is 11.5 Å². The Kier molecular flexibility index (Phi) is 4.36. The molecule has 1 rings (SSSR count). The lowest BCUT2D eigenvalue weighted by atomic mass is 10.1. The highest BCUT2D eigenvalue weighted by Crippen LogP contribution is 2.09. The predicted octanol–water partition coefficient (Wildman–Crippen LogP) is 2.23. The molecule has 0 aliphatic heterocycles. The number of amides is 1. The molecule has 0 spiro atoms. The van der Waals surface area contributed by atoms with Gasteiger partial charge in [0.05, 0.1) is 0 Å². The van der Waals surface area contributed by atoms with Gasteiger partial charge in [0.15, 0.2) is 0 Å². The lowest BCUT2D eigenvalue weighted by Crippen LogP contribution is -2.24. The summed E-state index contributed by atoms with van der Waals surface area (Å²) >= 11 is 0. The van der Waals surface area contributed by atoms with Gasteiger partial charge in [-0.2, -0.15) is 0 Å². The van der Waals surface area contributed by atoms with Gasteiger partial charge in [-0.15, -0.1) is 0 Å². The van der Waals surface area contributed by atoms with Gasteiger partial charge in [-0.25, -0.2) is 0 Å². The number of hydrogen-bond donors (Lipinski definition) is 1. The van der Waals surface area contributed by atoms with Crippen molar-refractivity contribution in [3.05, 3.63) is 45.3 Å². The standard InChI is InChI=1S/C11H14N4O/c1-8-3-4-10(5-9(8)2)6-13-11(16)7-14-15-12/h3-5H,6-7H2,1-2H3,(H,13,16). The highest BCUT2D eigenvalue weighted by Gasteiger charge is 2.00. The number of carbonyl (C=O) groups excluding carboxylic acids is 1. The van der Waals surface area contributed by atoms with Crippen LogP contribution in [-0.4, -0.2) is 12.5 Å². The van der Waals surface area contributed by atoms with Crippen LogP contribution in [0.1, 0.15) is 16.7 Å². The van der Waals surface area contributed by atoms with Crippen molar-refractivity contribution >= 4 is 5.91 Å². The molecule has 16 heavy (non-hydrogen) atoms. The van der Waals surface area contributed by atoms with Gasteiger partial charge < -0.3 is 5.32 Å². The van der Waals surface area contributed by atoms with Gasteiger partial charge in [-0.3, -0.25) is 4.79 Å². The molecule has 0 unspecified atom stereocenters. The summed E-state index contributed by atoms with van der Waals surface area (Å²) < 4.78 is 0. The molecule has 0 atom stereocenters. The van der Waals surface area contributed by atoms with E-state index in [0.29, 0.717) is 6.54 Å². The van der Waals surface area contributed by atoms with E-state index in [-0.39, 0.29) is 12.5 Å². The van der Waals surface area contributed by atoms with Crippen molar-refractivity contribution < 1.29 is 4.79 Å². The van der Waals surface area contributed by atoms with Crippen molar-refractivity contribution in [3.8, 4) is 0 Å². The van der Waals surface area contributed by atoms with Crippen LogP contribution in [0, 0.1) is 13.8 Å². The van der Waals surface area contributed by atoms with Crippen LogP contribution in [0.5, 0.6) is 0 Å². The first-order valence-corrected chi connectivity index (χ1v) is 4.97. The fourth-order valence-corrected chi connectivity index (χ4v) is 1.27. The molecule has 5 heteroatoms. The van der Waals surface area contributed by atoms with Gasteiger partial charge in [0.25, 0.3) is 0 Å². The van der Waals surface area contributed by atoms with E-state index in [1.807, 2.05) is 32.0 Å². The third kappa shape index (κ3) is 3.63. The SMILES string of the molecule is Cc1ccc(CNC(=O)CN=[N+]=[N-])cc1C. The maximum atomic E-state index is 11.2. The summed E-state index contributed by atoms with van der Waals surface area (Å²) in [6.07, 6.45) is 0. The third-order valence-corrected chi connectivity index (χ3v) is 2.34. The maximum Gasteiger partial charge on any atom is 0.226 e. The minimum absolute atomic E-state index is 0.151. The largest absolute Gasteiger partial charge is 0.352 e. The number of benzene rings is 1. The number of hydrogen-bond acceptors (Lipinski definition) is 2. The molecular formula is C11H14N4O. The van der Waals surface area contributed by atoms with Crippen LogP contribution in [0.3, 0.4) is 0 Å². The van der Waals surface area contributed by atoms with Crippen molar-refractivity contribution in [1.82, 2.24) is 5.32 Å². The van der Waals surface area contributed by atoms with E-state index in [2.05, 4.69) is 15.3 Å². The first-order chi connectivity index (χ1) is 7.63. The smallest absolute Gasteiger partial charge is 0.226 e. The zero-order chi connectivity index (χ0) is 12.0. The van der Waals surface area contributed by atoms with Gasteiger partial charge >= 0.3 is 0 Å². The highest BCUT2D eigenvalue weighted by molar-refractivity contribution is 5.78. The number of nitrogens with one attached hydrogen (secondary N) is 1. The molecule has 1 N–H and O–H groups in total. The molecule has 0 aliphatic rings. The second kappa shape index (κ2) is 5.78. The summed E-state index contributed by atoms with van der Waals surface area (Å²) in [5, 5.41) is 5.86. The van der Waals surface area contributed by atoms with E-state index < -0.39 is 0 Å². The highest BCUT2D eigenvalue weighted by atomic mass is 16.1. The van der Waals surface area contributed by atoms with E-state index in [1.54, 1.807) is 0 Å². The van der Waals surface area contributed by atoms with Crippen LogP contribution in [0.2, 0.25) is 0 Å². The topological polar surface area (TPSA) is 77.9 Å². The molecule has 0 radical (unpaired) electrons. The average molecular weight is 218 g/mol. The zero-order valence-corrected chi connectivity index (χ0v) is 9.40. The Labute approximate surface area is 94.1 Å². The molecule has 5 nitrogen and oxygen atoms in total. The monoisotopic (exact) mass is 218 g/mol. The Hall–Kier alpha value is -2.00. The maximum absolute atomic E-state index is 11.2. The van der Waals surface area contributed by atoms with E-state index >= 15 is 0 Å². The van der Waals surface area contributed by atoms with Gasteiger partial charge in [-0.05, 0) is 36.1 Å².